The largest absolute Gasteiger partial charge is 0.484 e. The Kier molecular flexibility index (Phi) is 4.19. The van der Waals surface area contributed by atoms with Gasteiger partial charge in [0.25, 0.3) is 0 Å². The number of ketones is 1. The Morgan fingerprint density at radius 3 is 2.62 bits per heavy atom. The lowest BCUT2D eigenvalue weighted by atomic mass is 9.96. The van der Waals surface area contributed by atoms with Crippen molar-refractivity contribution in [1.29, 1.82) is 0 Å². The fourth-order valence-corrected chi connectivity index (χ4v) is 2.86. The second-order valence-electron chi connectivity index (χ2n) is 5.93. The average molecular weight is 345 g/mol. The number of Topliss-reactive ketones (excluding diaryl/α,β-unsaturated/α-hetero) is 1. The maximum atomic E-state index is 12.3. The van der Waals surface area contributed by atoms with Crippen LogP contribution in [-0.2, 0) is 0 Å². The van der Waals surface area contributed by atoms with Crippen LogP contribution < -0.4 is 9.47 Å². The second kappa shape index (κ2) is 6.80. The van der Waals surface area contributed by atoms with Gasteiger partial charge in [-0.25, -0.2) is 4.79 Å². The lowest BCUT2D eigenvalue weighted by Gasteiger charge is -2.25. The van der Waals surface area contributed by atoms with Crippen LogP contribution in [0.15, 0.2) is 73.1 Å². The Morgan fingerprint density at radius 2 is 1.85 bits per heavy atom. The summed E-state index contributed by atoms with van der Waals surface area (Å²) in [7, 11) is 0. The van der Waals surface area contributed by atoms with E-state index in [4.69, 9.17) is 9.47 Å². The highest BCUT2D eigenvalue weighted by Gasteiger charge is 2.27. The highest BCUT2D eigenvalue weighted by Crippen LogP contribution is 2.35. The van der Waals surface area contributed by atoms with Gasteiger partial charge in [-0.15, -0.1) is 0 Å². The quantitative estimate of drug-likeness (QED) is 0.530. The zero-order chi connectivity index (χ0) is 17.9. The van der Waals surface area contributed by atoms with E-state index in [1.54, 1.807) is 54.7 Å². The monoisotopic (exact) mass is 345 g/mol. The van der Waals surface area contributed by atoms with Crippen LogP contribution >= 0.6 is 0 Å². The highest BCUT2D eigenvalue weighted by molar-refractivity contribution is 6.00. The third-order valence-corrected chi connectivity index (χ3v) is 4.19. The molecule has 0 amide bonds. The van der Waals surface area contributed by atoms with Gasteiger partial charge in [0, 0.05) is 12.4 Å². The number of carbonyl (C=O) groups excluding carboxylic acids is 2. The van der Waals surface area contributed by atoms with Crippen LogP contribution in [0.4, 0.5) is 0 Å². The molecular weight excluding hydrogens is 330 g/mol. The Hall–Kier alpha value is -3.47. The molecule has 26 heavy (non-hydrogen) atoms. The van der Waals surface area contributed by atoms with E-state index >= 15 is 0 Å². The van der Waals surface area contributed by atoms with E-state index < -0.39 is 5.97 Å². The molecule has 4 rings (SSSR count). The smallest absolute Gasteiger partial charge is 0.345 e. The molecule has 5 heteroatoms. The van der Waals surface area contributed by atoms with E-state index in [1.807, 2.05) is 12.1 Å². The Morgan fingerprint density at radius 1 is 1.04 bits per heavy atom. The van der Waals surface area contributed by atoms with E-state index in [9.17, 15) is 9.59 Å². The van der Waals surface area contributed by atoms with Gasteiger partial charge in [0.1, 0.15) is 17.6 Å². The molecule has 5 nitrogen and oxygen atoms in total. The van der Waals surface area contributed by atoms with Crippen LogP contribution in [-0.4, -0.2) is 16.7 Å². The first-order valence-electron chi connectivity index (χ1n) is 8.22. The molecule has 0 spiro atoms. The lowest BCUT2D eigenvalue weighted by Crippen LogP contribution is -2.20. The van der Waals surface area contributed by atoms with Crippen molar-refractivity contribution in [3.63, 3.8) is 0 Å². The zero-order valence-electron chi connectivity index (χ0n) is 13.8. The van der Waals surface area contributed by atoms with Crippen molar-refractivity contribution >= 4 is 11.8 Å². The number of hydrogen-bond acceptors (Lipinski definition) is 5. The number of esters is 1. The summed E-state index contributed by atoms with van der Waals surface area (Å²) in [6.45, 7) is 0. The van der Waals surface area contributed by atoms with Crippen molar-refractivity contribution in [3.8, 4) is 11.5 Å². The van der Waals surface area contributed by atoms with Crippen LogP contribution in [0.2, 0.25) is 0 Å². The number of ether oxygens (including phenoxy) is 2. The van der Waals surface area contributed by atoms with Gasteiger partial charge in [-0.1, -0.05) is 24.3 Å². The molecule has 1 aliphatic heterocycles. The standard InChI is InChI=1S/C21H15NO4/c23-18-12-20(26-19-6-2-1-5-17(18)19)14-7-9-16(10-8-14)25-21(24)15-4-3-11-22-13-15/h1-11,13,20H,12H2. The summed E-state index contributed by atoms with van der Waals surface area (Å²) in [4.78, 5) is 28.2. The highest BCUT2D eigenvalue weighted by atomic mass is 16.5. The summed E-state index contributed by atoms with van der Waals surface area (Å²) in [6, 6.07) is 17.5. The van der Waals surface area contributed by atoms with Gasteiger partial charge in [-0.2, -0.15) is 0 Å². The third kappa shape index (κ3) is 3.19. The van der Waals surface area contributed by atoms with Gasteiger partial charge < -0.3 is 9.47 Å². The van der Waals surface area contributed by atoms with Crippen molar-refractivity contribution in [3.05, 3.63) is 89.7 Å². The minimum absolute atomic E-state index is 0.0592. The molecule has 3 aromatic rings. The predicted molar refractivity (Wildman–Crippen MR) is 94.4 cm³/mol. The van der Waals surface area contributed by atoms with Crippen LogP contribution in [0.25, 0.3) is 0 Å². The second-order valence-corrected chi connectivity index (χ2v) is 5.93. The van der Waals surface area contributed by atoms with Crippen LogP contribution in [0.3, 0.4) is 0 Å². The number of nitrogens with zero attached hydrogens (tertiary/aromatic N) is 1. The average Bonchev–Trinajstić information content (AvgIpc) is 2.69. The van der Waals surface area contributed by atoms with Gasteiger partial charge >= 0.3 is 5.97 Å². The minimum atomic E-state index is -0.469. The SMILES string of the molecule is O=C(Oc1ccc(C2CC(=O)c3ccccc3O2)cc1)c1cccnc1. The molecule has 0 N–H and O–H groups in total. The molecule has 0 aliphatic carbocycles. The van der Waals surface area contributed by atoms with Gasteiger partial charge in [0.05, 0.1) is 17.5 Å². The van der Waals surface area contributed by atoms with E-state index in [2.05, 4.69) is 4.98 Å². The topological polar surface area (TPSA) is 65.5 Å². The first kappa shape index (κ1) is 16.0. The van der Waals surface area contributed by atoms with E-state index in [-0.39, 0.29) is 18.3 Å². The number of rotatable bonds is 3. The van der Waals surface area contributed by atoms with Crippen LogP contribution in [0.1, 0.15) is 38.8 Å². The summed E-state index contributed by atoms with van der Waals surface area (Å²) in [5.74, 6) is 0.610. The normalized spacial score (nSPS) is 15.7. The molecule has 0 saturated carbocycles. The van der Waals surface area contributed by atoms with Crippen LogP contribution in [0.5, 0.6) is 11.5 Å². The zero-order valence-corrected chi connectivity index (χ0v) is 13.8. The summed E-state index contributed by atoms with van der Waals surface area (Å²) >= 11 is 0. The third-order valence-electron chi connectivity index (χ3n) is 4.19. The minimum Gasteiger partial charge on any atom is -0.484 e. The molecule has 1 atom stereocenters. The molecule has 0 bridgehead atoms. The Labute approximate surface area is 150 Å². The van der Waals surface area contributed by atoms with Crippen molar-refractivity contribution in [2.75, 3.05) is 0 Å². The molecule has 128 valence electrons. The molecule has 2 heterocycles. The molecule has 0 radical (unpaired) electrons. The molecule has 1 aliphatic rings. The van der Waals surface area contributed by atoms with Crippen molar-refractivity contribution < 1.29 is 19.1 Å². The fraction of sp³-hybridized carbons (Fsp3) is 0.0952. The molecule has 1 unspecified atom stereocenters. The molecule has 0 saturated heterocycles. The summed E-state index contributed by atoms with van der Waals surface area (Å²) < 4.78 is 11.3. The van der Waals surface area contributed by atoms with Gasteiger partial charge in [0.2, 0.25) is 0 Å². The van der Waals surface area contributed by atoms with Crippen LogP contribution in [0, 0.1) is 0 Å². The van der Waals surface area contributed by atoms with E-state index in [0.717, 1.165) is 5.56 Å². The van der Waals surface area contributed by atoms with Gasteiger partial charge in [-0.05, 0) is 42.0 Å². The number of aromatic nitrogens is 1. The fourth-order valence-electron chi connectivity index (χ4n) is 2.86. The van der Waals surface area contributed by atoms with Gasteiger partial charge in [-0.3, -0.25) is 9.78 Å². The first-order valence-corrected chi connectivity index (χ1v) is 8.22. The Bertz CT molecular complexity index is 951. The number of fused-ring (bicyclic) bond motifs is 1. The maximum Gasteiger partial charge on any atom is 0.345 e. The number of benzene rings is 2. The number of para-hydroxylation sites is 1. The molecule has 2 aromatic carbocycles. The van der Waals surface area contributed by atoms with Crippen molar-refractivity contribution in [1.82, 2.24) is 4.98 Å². The summed E-state index contributed by atoms with van der Waals surface area (Å²) in [6.07, 6.45) is 2.98. The van der Waals surface area contributed by atoms with Gasteiger partial charge in [0.15, 0.2) is 5.78 Å². The predicted octanol–water partition coefficient (Wildman–Crippen LogP) is 4.01. The number of pyridine rings is 1. The van der Waals surface area contributed by atoms with Crippen molar-refractivity contribution in [2.24, 2.45) is 0 Å². The van der Waals surface area contributed by atoms with E-state index in [1.165, 1.54) is 6.20 Å². The lowest BCUT2D eigenvalue weighted by molar-refractivity contribution is 0.0734. The maximum absolute atomic E-state index is 12.3. The molecule has 1 aromatic heterocycles. The number of carbonyl (C=O) groups is 2. The summed E-state index contributed by atoms with van der Waals surface area (Å²) in [5.41, 5.74) is 1.86. The summed E-state index contributed by atoms with van der Waals surface area (Å²) in [5, 5.41) is 0. The van der Waals surface area contributed by atoms with Crippen molar-refractivity contribution in [2.45, 2.75) is 12.5 Å². The number of hydrogen-bond donors (Lipinski definition) is 0. The molecule has 0 fully saturated rings. The van der Waals surface area contributed by atoms with E-state index in [0.29, 0.717) is 22.6 Å². The first-order chi connectivity index (χ1) is 12.7. The molecular formula is C21H15NO4. The Balaban J connectivity index is 1.48.